The van der Waals surface area contributed by atoms with Gasteiger partial charge in [-0.2, -0.15) is 5.10 Å². The highest BCUT2D eigenvalue weighted by atomic mass is 15.3. The molecule has 0 spiro atoms. The lowest BCUT2D eigenvalue weighted by Gasteiger charge is -2.12. The van der Waals surface area contributed by atoms with E-state index >= 15 is 0 Å². The summed E-state index contributed by atoms with van der Waals surface area (Å²) in [5, 5.41) is 4.52. The molecule has 0 N–H and O–H groups in total. The molecule has 0 aliphatic carbocycles. The number of hydrogen-bond donors (Lipinski definition) is 0. The third kappa shape index (κ3) is 2.93. The van der Waals surface area contributed by atoms with Crippen molar-refractivity contribution in [1.29, 1.82) is 0 Å². The minimum atomic E-state index is 0.563. The minimum absolute atomic E-state index is 0.563. The van der Waals surface area contributed by atoms with E-state index in [1.165, 1.54) is 17.0 Å². The van der Waals surface area contributed by atoms with Crippen LogP contribution < -0.4 is 0 Å². The summed E-state index contributed by atoms with van der Waals surface area (Å²) in [5.74, 6) is 0.563. The molecule has 0 fully saturated rings. The number of aryl methyl sites for hydroxylation is 1. The van der Waals surface area contributed by atoms with Crippen LogP contribution in [-0.2, 0) is 13.1 Å². The second-order valence-electron chi connectivity index (χ2n) is 6.31. The quantitative estimate of drug-likeness (QED) is 0.700. The van der Waals surface area contributed by atoms with Crippen molar-refractivity contribution < 1.29 is 0 Å². The van der Waals surface area contributed by atoms with Crippen molar-refractivity contribution in [1.82, 2.24) is 19.3 Å². The Morgan fingerprint density at radius 1 is 1.13 bits per heavy atom. The maximum absolute atomic E-state index is 4.72. The fraction of sp³-hybridized carbons (Fsp3) is 0.368. The molecule has 1 aromatic carbocycles. The van der Waals surface area contributed by atoms with Crippen molar-refractivity contribution in [3.8, 4) is 22.5 Å². The van der Waals surface area contributed by atoms with E-state index in [-0.39, 0.29) is 0 Å². The van der Waals surface area contributed by atoms with Gasteiger partial charge in [0.15, 0.2) is 0 Å². The average molecular weight is 308 g/mol. The van der Waals surface area contributed by atoms with E-state index in [9.17, 15) is 0 Å². The molecule has 0 saturated carbocycles. The Labute approximate surface area is 137 Å². The Kier molecular flexibility index (Phi) is 4.33. The maximum atomic E-state index is 4.72. The number of nitrogens with zero attached hydrogens (tertiary/aromatic N) is 4. The van der Waals surface area contributed by atoms with Gasteiger partial charge in [0.2, 0.25) is 0 Å². The van der Waals surface area contributed by atoms with Gasteiger partial charge in [0.25, 0.3) is 0 Å². The van der Waals surface area contributed by atoms with Crippen molar-refractivity contribution in [2.75, 3.05) is 0 Å². The second kappa shape index (κ2) is 6.41. The summed E-state index contributed by atoms with van der Waals surface area (Å²) >= 11 is 0. The van der Waals surface area contributed by atoms with Gasteiger partial charge in [-0.05, 0) is 19.8 Å². The highest BCUT2D eigenvalue weighted by molar-refractivity contribution is 5.79. The molecule has 0 bridgehead atoms. The van der Waals surface area contributed by atoms with Crippen LogP contribution in [0.25, 0.3) is 22.5 Å². The first-order valence-electron chi connectivity index (χ1n) is 8.25. The lowest BCUT2D eigenvalue weighted by molar-refractivity contribution is 0.526. The van der Waals surface area contributed by atoms with Gasteiger partial charge in [0.05, 0.1) is 23.9 Å². The molecular weight excluding hydrogens is 284 g/mol. The zero-order valence-electron chi connectivity index (χ0n) is 14.3. The van der Waals surface area contributed by atoms with E-state index in [0.29, 0.717) is 5.92 Å². The molecule has 0 saturated heterocycles. The minimum Gasteiger partial charge on any atom is -0.330 e. The summed E-state index contributed by atoms with van der Waals surface area (Å²) in [5.41, 5.74) is 5.71. The molecule has 3 aromatic rings. The Bertz CT molecular complexity index is 781. The van der Waals surface area contributed by atoms with Crippen molar-refractivity contribution in [3.63, 3.8) is 0 Å². The van der Waals surface area contributed by atoms with E-state index in [1.54, 1.807) is 0 Å². The lowest BCUT2D eigenvalue weighted by Crippen LogP contribution is -2.06. The first-order valence-corrected chi connectivity index (χ1v) is 8.25. The third-order valence-electron chi connectivity index (χ3n) is 4.10. The maximum Gasteiger partial charge on any atom is 0.0964 e. The summed E-state index contributed by atoms with van der Waals surface area (Å²) in [7, 11) is 0. The monoisotopic (exact) mass is 308 g/mol. The van der Waals surface area contributed by atoms with E-state index in [0.717, 1.165) is 24.3 Å². The molecular formula is C19H24N4. The van der Waals surface area contributed by atoms with Gasteiger partial charge in [-0.3, -0.25) is 4.68 Å². The predicted molar refractivity (Wildman–Crippen MR) is 94.1 cm³/mol. The first kappa shape index (κ1) is 15.5. The first-order chi connectivity index (χ1) is 11.1. The van der Waals surface area contributed by atoms with Crippen molar-refractivity contribution in [3.05, 3.63) is 48.5 Å². The van der Waals surface area contributed by atoms with Crippen LogP contribution >= 0.6 is 0 Å². The molecule has 2 aromatic heterocycles. The van der Waals surface area contributed by atoms with Crippen LogP contribution in [0.3, 0.4) is 0 Å². The number of benzene rings is 1. The number of hydrogen-bond acceptors (Lipinski definition) is 2. The Morgan fingerprint density at radius 2 is 1.87 bits per heavy atom. The van der Waals surface area contributed by atoms with Crippen molar-refractivity contribution in [2.24, 2.45) is 5.92 Å². The largest absolute Gasteiger partial charge is 0.330 e. The highest BCUT2D eigenvalue weighted by Crippen LogP contribution is 2.33. The van der Waals surface area contributed by atoms with E-state index in [1.807, 2.05) is 23.3 Å². The summed E-state index contributed by atoms with van der Waals surface area (Å²) in [6.45, 7) is 10.5. The fourth-order valence-electron chi connectivity index (χ4n) is 3.00. The van der Waals surface area contributed by atoms with Gasteiger partial charge in [0, 0.05) is 29.9 Å². The van der Waals surface area contributed by atoms with Gasteiger partial charge in [-0.25, -0.2) is 4.98 Å². The van der Waals surface area contributed by atoms with Crippen LogP contribution in [-0.4, -0.2) is 19.3 Å². The summed E-state index contributed by atoms with van der Waals surface area (Å²) in [6, 6.07) is 10.4. The van der Waals surface area contributed by atoms with Crippen LogP contribution in [0.4, 0.5) is 0 Å². The van der Waals surface area contributed by atoms with Gasteiger partial charge in [-0.15, -0.1) is 0 Å². The van der Waals surface area contributed by atoms with Crippen LogP contribution in [0.2, 0.25) is 0 Å². The number of rotatable bonds is 5. The Hall–Kier alpha value is -2.36. The topological polar surface area (TPSA) is 35.6 Å². The molecule has 0 atom stereocenters. The SMILES string of the molecule is CCn1ncc(-c2c(-c3ccccc3)ncn2CC(C)C)c1C. The van der Waals surface area contributed by atoms with Crippen molar-refractivity contribution in [2.45, 2.75) is 40.8 Å². The Balaban J connectivity index is 2.19. The molecule has 23 heavy (non-hydrogen) atoms. The number of aromatic nitrogens is 4. The lowest BCUT2D eigenvalue weighted by atomic mass is 10.0. The molecule has 0 aliphatic heterocycles. The van der Waals surface area contributed by atoms with E-state index < -0.39 is 0 Å². The summed E-state index contributed by atoms with van der Waals surface area (Å²) in [6.07, 6.45) is 3.93. The van der Waals surface area contributed by atoms with Crippen molar-refractivity contribution >= 4 is 0 Å². The molecule has 0 aliphatic rings. The molecule has 4 heteroatoms. The van der Waals surface area contributed by atoms with Crippen LogP contribution in [0.1, 0.15) is 26.5 Å². The molecule has 0 amide bonds. The molecule has 2 heterocycles. The average Bonchev–Trinajstić information content (AvgIpc) is 3.10. The zero-order chi connectivity index (χ0) is 16.4. The van der Waals surface area contributed by atoms with Gasteiger partial charge >= 0.3 is 0 Å². The zero-order valence-corrected chi connectivity index (χ0v) is 14.3. The standard InChI is InChI=1S/C19H24N4/c1-5-23-15(4)17(11-21-23)19-18(16-9-7-6-8-10-16)20-13-22(19)12-14(2)3/h6-11,13-14H,5,12H2,1-4H3. The van der Waals surface area contributed by atoms with Gasteiger partial charge in [0.1, 0.15) is 0 Å². The second-order valence-corrected chi connectivity index (χ2v) is 6.31. The van der Waals surface area contributed by atoms with E-state index in [4.69, 9.17) is 4.98 Å². The fourth-order valence-corrected chi connectivity index (χ4v) is 3.00. The Morgan fingerprint density at radius 3 is 2.48 bits per heavy atom. The molecule has 3 rings (SSSR count). The van der Waals surface area contributed by atoms with Crippen LogP contribution in [0.5, 0.6) is 0 Å². The smallest absolute Gasteiger partial charge is 0.0964 e. The number of imidazole rings is 1. The van der Waals surface area contributed by atoms with Gasteiger partial charge < -0.3 is 4.57 Å². The molecule has 0 radical (unpaired) electrons. The summed E-state index contributed by atoms with van der Waals surface area (Å²) < 4.78 is 4.30. The third-order valence-corrected chi connectivity index (χ3v) is 4.10. The molecule has 0 unspecified atom stereocenters. The molecule has 120 valence electrons. The summed E-state index contributed by atoms with van der Waals surface area (Å²) in [4.78, 5) is 4.72. The van der Waals surface area contributed by atoms with Crippen LogP contribution in [0.15, 0.2) is 42.9 Å². The van der Waals surface area contributed by atoms with Crippen LogP contribution in [0, 0.1) is 12.8 Å². The van der Waals surface area contributed by atoms with Gasteiger partial charge in [-0.1, -0.05) is 44.2 Å². The van der Waals surface area contributed by atoms with E-state index in [2.05, 4.69) is 61.6 Å². The predicted octanol–water partition coefficient (Wildman–Crippen LogP) is 4.40. The molecule has 4 nitrogen and oxygen atoms in total. The normalized spacial score (nSPS) is 11.3. The highest BCUT2D eigenvalue weighted by Gasteiger charge is 2.19.